The fraction of sp³-hybridized carbons (Fsp3) is 1.00. The minimum Gasteiger partial charge on any atom is -0.311 e. The number of rotatable bonds is 4. The van der Waals surface area contributed by atoms with Crippen LogP contribution >= 0.6 is 0 Å². The maximum Gasteiger partial charge on any atom is 0.0363 e. The highest BCUT2D eigenvalue weighted by molar-refractivity contribution is 7.85. The monoisotopic (exact) mass is 217 g/mol. The van der Waals surface area contributed by atoms with Crippen molar-refractivity contribution in [2.45, 2.75) is 57.2 Å². The lowest BCUT2D eigenvalue weighted by Gasteiger charge is -2.20. The lowest BCUT2D eigenvalue weighted by Crippen LogP contribution is -2.38. The summed E-state index contributed by atoms with van der Waals surface area (Å²) in [5, 5.41) is 3.88. The van der Waals surface area contributed by atoms with E-state index in [0.29, 0.717) is 5.25 Å². The Labute approximate surface area is 90.3 Å². The summed E-state index contributed by atoms with van der Waals surface area (Å²) in [4.78, 5) is 0. The van der Waals surface area contributed by atoms with Gasteiger partial charge in [0.25, 0.3) is 0 Å². The van der Waals surface area contributed by atoms with Gasteiger partial charge in [-0.25, -0.2) is 0 Å². The first-order valence-electron chi connectivity index (χ1n) is 5.61. The molecule has 0 aromatic carbocycles. The number of nitrogens with one attached hydrogen (secondary N) is 1. The molecule has 0 amide bonds. The maximum absolute atomic E-state index is 11.8. The molecule has 0 heterocycles. The maximum atomic E-state index is 11.8. The van der Waals surface area contributed by atoms with Gasteiger partial charge in [-0.05, 0) is 33.6 Å². The third kappa shape index (κ3) is 4.56. The molecule has 84 valence electrons. The molecule has 1 fully saturated rings. The highest BCUT2D eigenvalue weighted by atomic mass is 32.2. The summed E-state index contributed by atoms with van der Waals surface area (Å²) in [6.07, 6.45) is 4.93. The zero-order valence-electron chi connectivity index (χ0n) is 9.64. The van der Waals surface area contributed by atoms with Gasteiger partial charge in [0.2, 0.25) is 0 Å². The van der Waals surface area contributed by atoms with Crippen molar-refractivity contribution in [2.75, 3.05) is 12.3 Å². The van der Waals surface area contributed by atoms with E-state index in [1.54, 1.807) is 0 Å². The Morgan fingerprint density at radius 1 is 1.29 bits per heavy atom. The molecule has 1 unspecified atom stereocenters. The van der Waals surface area contributed by atoms with Crippen LogP contribution < -0.4 is 5.32 Å². The van der Waals surface area contributed by atoms with E-state index in [1.807, 2.05) is 0 Å². The van der Waals surface area contributed by atoms with Crippen LogP contribution in [0, 0.1) is 0 Å². The van der Waals surface area contributed by atoms with Crippen molar-refractivity contribution >= 4 is 10.8 Å². The van der Waals surface area contributed by atoms with Crippen molar-refractivity contribution < 1.29 is 4.21 Å². The summed E-state index contributed by atoms with van der Waals surface area (Å²) in [6.45, 7) is 7.31. The zero-order valence-corrected chi connectivity index (χ0v) is 10.5. The van der Waals surface area contributed by atoms with E-state index < -0.39 is 10.8 Å². The summed E-state index contributed by atoms with van der Waals surface area (Å²) < 4.78 is 11.8. The van der Waals surface area contributed by atoms with Gasteiger partial charge in [0, 0.05) is 33.9 Å². The molecule has 0 saturated heterocycles. The molecule has 0 radical (unpaired) electrons. The fourth-order valence-electron chi connectivity index (χ4n) is 1.84. The molecule has 3 heteroatoms. The Kier molecular flexibility index (Phi) is 4.58. The minimum atomic E-state index is -0.593. The van der Waals surface area contributed by atoms with E-state index >= 15 is 0 Å². The van der Waals surface area contributed by atoms with Crippen LogP contribution in [0.3, 0.4) is 0 Å². The molecule has 0 aromatic rings. The summed E-state index contributed by atoms with van der Waals surface area (Å²) >= 11 is 0. The normalized spacial score (nSPS) is 21.4. The van der Waals surface area contributed by atoms with Crippen LogP contribution in [0.1, 0.15) is 46.5 Å². The van der Waals surface area contributed by atoms with Crippen molar-refractivity contribution in [1.29, 1.82) is 0 Å². The van der Waals surface area contributed by atoms with E-state index in [-0.39, 0.29) is 5.54 Å². The first-order chi connectivity index (χ1) is 6.49. The SMILES string of the molecule is CC(C)(C)NCCS(=O)C1CCCC1. The van der Waals surface area contributed by atoms with Gasteiger partial charge in [0.1, 0.15) is 0 Å². The highest BCUT2D eigenvalue weighted by Gasteiger charge is 2.21. The molecule has 0 spiro atoms. The molecule has 1 aliphatic rings. The van der Waals surface area contributed by atoms with Crippen LogP contribution in [-0.2, 0) is 10.8 Å². The zero-order chi connectivity index (χ0) is 10.6. The summed E-state index contributed by atoms with van der Waals surface area (Å²) in [7, 11) is -0.593. The Hall–Kier alpha value is 0.110. The molecule has 0 bridgehead atoms. The van der Waals surface area contributed by atoms with Gasteiger partial charge >= 0.3 is 0 Å². The van der Waals surface area contributed by atoms with Gasteiger partial charge in [0.15, 0.2) is 0 Å². The molecule has 1 saturated carbocycles. The Morgan fingerprint density at radius 3 is 2.36 bits per heavy atom. The van der Waals surface area contributed by atoms with Crippen LogP contribution in [-0.4, -0.2) is 27.3 Å². The molecule has 0 aromatic heterocycles. The van der Waals surface area contributed by atoms with Crippen molar-refractivity contribution in [2.24, 2.45) is 0 Å². The smallest absolute Gasteiger partial charge is 0.0363 e. The molecule has 1 rings (SSSR count). The second kappa shape index (κ2) is 5.26. The Balaban J connectivity index is 2.15. The lowest BCUT2D eigenvalue weighted by molar-refractivity contribution is 0.440. The van der Waals surface area contributed by atoms with E-state index in [2.05, 4.69) is 26.1 Å². The molecular weight excluding hydrogens is 194 g/mol. The Bertz CT molecular complexity index is 192. The molecule has 1 N–H and O–H groups in total. The van der Waals surface area contributed by atoms with Crippen molar-refractivity contribution in [3.8, 4) is 0 Å². The minimum absolute atomic E-state index is 0.153. The Morgan fingerprint density at radius 2 is 1.86 bits per heavy atom. The van der Waals surface area contributed by atoms with Crippen molar-refractivity contribution in [3.05, 3.63) is 0 Å². The third-order valence-corrected chi connectivity index (χ3v) is 4.45. The first-order valence-corrected chi connectivity index (χ1v) is 6.99. The molecule has 0 aliphatic heterocycles. The predicted octanol–water partition coefficient (Wildman–Crippen LogP) is 2.07. The molecule has 14 heavy (non-hydrogen) atoms. The summed E-state index contributed by atoms with van der Waals surface area (Å²) in [5.41, 5.74) is 0.153. The third-order valence-electron chi connectivity index (χ3n) is 2.63. The lowest BCUT2D eigenvalue weighted by atomic mass is 10.1. The molecule has 1 aliphatic carbocycles. The fourth-order valence-corrected chi connectivity index (χ4v) is 3.34. The second-order valence-corrected chi connectivity index (χ2v) is 7.00. The van der Waals surface area contributed by atoms with E-state index in [9.17, 15) is 4.21 Å². The van der Waals surface area contributed by atoms with Crippen LogP contribution in [0.5, 0.6) is 0 Å². The standard InChI is InChI=1S/C11H23NOS/c1-11(2,3)12-8-9-14(13)10-6-4-5-7-10/h10,12H,4-9H2,1-3H3. The van der Waals surface area contributed by atoms with Gasteiger partial charge in [-0.3, -0.25) is 4.21 Å². The van der Waals surface area contributed by atoms with E-state index in [0.717, 1.165) is 12.3 Å². The average Bonchev–Trinajstić information content (AvgIpc) is 2.53. The van der Waals surface area contributed by atoms with Crippen LogP contribution in [0.4, 0.5) is 0 Å². The summed E-state index contributed by atoms with van der Waals surface area (Å²) in [5.74, 6) is 0.821. The van der Waals surface area contributed by atoms with Gasteiger partial charge in [-0.1, -0.05) is 12.8 Å². The average molecular weight is 217 g/mol. The number of hydrogen-bond donors (Lipinski definition) is 1. The van der Waals surface area contributed by atoms with Gasteiger partial charge < -0.3 is 5.32 Å². The molecule has 1 atom stereocenters. The number of hydrogen-bond acceptors (Lipinski definition) is 2. The molecule has 2 nitrogen and oxygen atoms in total. The molecular formula is C11H23NOS. The van der Waals surface area contributed by atoms with Crippen molar-refractivity contribution in [1.82, 2.24) is 5.32 Å². The van der Waals surface area contributed by atoms with Gasteiger partial charge in [-0.2, -0.15) is 0 Å². The van der Waals surface area contributed by atoms with E-state index in [1.165, 1.54) is 25.7 Å². The van der Waals surface area contributed by atoms with Gasteiger partial charge in [0.05, 0.1) is 0 Å². The largest absolute Gasteiger partial charge is 0.311 e. The predicted molar refractivity (Wildman–Crippen MR) is 63.0 cm³/mol. The van der Waals surface area contributed by atoms with Crippen molar-refractivity contribution in [3.63, 3.8) is 0 Å². The summed E-state index contributed by atoms with van der Waals surface area (Å²) in [6, 6.07) is 0. The van der Waals surface area contributed by atoms with Crippen LogP contribution in [0.25, 0.3) is 0 Å². The van der Waals surface area contributed by atoms with Crippen LogP contribution in [0.15, 0.2) is 0 Å². The van der Waals surface area contributed by atoms with Crippen LogP contribution in [0.2, 0.25) is 0 Å². The van der Waals surface area contributed by atoms with Gasteiger partial charge in [-0.15, -0.1) is 0 Å². The first kappa shape index (κ1) is 12.2. The topological polar surface area (TPSA) is 29.1 Å². The highest BCUT2D eigenvalue weighted by Crippen LogP contribution is 2.22. The second-order valence-electron chi connectivity index (χ2n) is 5.17. The van der Waals surface area contributed by atoms with E-state index in [4.69, 9.17) is 0 Å². The quantitative estimate of drug-likeness (QED) is 0.781.